The molecule has 0 N–H and O–H groups in total. The molecule has 0 bridgehead atoms. The monoisotopic (exact) mass is 311 g/mol. The average Bonchev–Trinajstić information content (AvgIpc) is 2.98. The molecule has 0 aliphatic rings. The van der Waals surface area contributed by atoms with Crippen LogP contribution in [-0.4, -0.2) is 14.5 Å². The number of halogens is 2. The van der Waals surface area contributed by atoms with Crippen LogP contribution < -0.4 is 0 Å². The lowest BCUT2D eigenvalue weighted by atomic mass is 10.3. The Hall–Kier alpha value is -1.10. The van der Waals surface area contributed by atoms with Crippen LogP contribution in [0.2, 0.25) is 5.02 Å². The van der Waals surface area contributed by atoms with E-state index in [2.05, 4.69) is 14.5 Å². The van der Waals surface area contributed by atoms with E-state index in [1.165, 1.54) is 0 Å². The summed E-state index contributed by atoms with van der Waals surface area (Å²) in [7, 11) is 0. The predicted molar refractivity (Wildman–Crippen MR) is 80.2 cm³/mol. The van der Waals surface area contributed by atoms with Crippen molar-refractivity contribution in [1.82, 2.24) is 14.5 Å². The quantitative estimate of drug-likeness (QED) is 0.667. The summed E-state index contributed by atoms with van der Waals surface area (Å²) in [6.07, 6.45) is 1.86. The van der Waals surface area contributed by atoms with Crippen LogP contribution in [0.25, 0.3) is 11.0 Å². The van der Waals surface area contributed by atoms with Crippen LogP contribution in [0.3, 0.4) is 0 Å². The van der Waals surface area contributed by atoms with E-state index in [1.54, 1.807) is 11.3 Å². The summed E-state index contributed by atoms with van der Waals surface area (Å²) >= 11 is 14.1. The summed E-state index contributed by atoms with van der Waals surface area (Å²) in [4.78, 5) is 9.83. The van der Waals surface area contributed by atoms with Crippen molar-refractivity contribution in [3.05, 3.63) is 45.6 Å². The molecular weight excluding hydrogens is 301 g/mol. The SMILES string of the molecule is CC(Cl)c1nc2cccc(Cl)c2n1Cc1cncs1. The minimum Gasteiger partial charge on any atom is -0.320 e. The first-order valence-corrected chi connectivity index (χ1v) is 7.52. The van der Waals surface area contributed by atoms with Crippen molar-refractivity contribution < 1.29 is 0 Å². The van der Waals surface area contributed by atoms with Crippen LogP contribution in [0.5, 0.6) is 0 Å². The van der Waals surface area contributed by atoms with Gasteiger partial charge >= 0.3 is 0 Å². The number of nitrogens with zero attached hydrogens (tertiary/aromatic N) is 3. The molecule has 1 unspecified atom stereocenters. The van der Waals surface area contributed by atoms with Crippen LogP contribution in [-0.2, 0) is 6.54 Å². The normalized spacial score (nSPS) is 13.0. The first-order chi connectivity index (χ1) is 9.16. The van der Waals surface area contributed by atoms with Crippen LogP contribution in [0.1, 0.15) is 23.0 Å². The van der Waals surface area contributed by atoms with Gasteiger partial charge in [-0.1, -0.05) is 17.7 Å². The molecule has 0 fully saturated rings. The van der Waals surface area contributed by atoms with Crippen LogP contribution in [0.4, 0.5) is 0 Å². The lowest BCUT2D eigenvalue weighted by Crippen LogP contribution is -2.05. The van der Waals surface area contributed by atoms with E-state index in [4.69, 9.17) is 23.2 Å². The zero-order chi connectivity index (χ0) is 13.4. The van der Waals surface area contributed by atoms with Crippen LogP contribution >= 0.6 is 34.5 Å². The summed E-state index contributed by atoms with van der Waals surface area (Å²) in [5.41, 5.74) is 3.62. The van der Waals surface area contributed by atoms with Crippen molar-refractivity contribution >= 4 is 45.6 Å². The maximum Gasteiger partial charge on any atom is 0.128 e. The van der Waals surface area contributed by atoms with Crippen molar-refractivity contribution in [1.29, 1.82) is 0 Å². The van der Waals surface area contributed by atoms with E-state index in [0.29, 0.717) is 11.6 Å². The Bertz CT molecular complexity index is 704. The fourth-order valence-corrected chi connectivity index (χ4v) is 3.12. The van der Waals surface area contributed by atoms with Gasteiger partial charge in [0.2, 0.25) is 0 Å². The number of fused-ring (bicyclic) bond motifs is 1. The van der Waals surface area contributed by atoms with E-state index in [0.717, 1.165) is 21.7 Å². The van der Waals surface area contributed by atoms with Gasteiger partial charge in [-0.05, 0) is 19.1 Å². The van der Waals surface area contributed by atoms with Crippen molar-refractivity contribution in [2.24, 2.45) is 0 Å². The van der Waals surface area contributed by atoms with Crippen molar-refractivity contribution in [2.45, 2.75) is 18.8 Å². The zero-order valence-electron chi connectivity index (χ0n) is 10.2. The molecule has 0 saturated carbocycles. The van der Waals surface area contributed by atoms with E-state index < -0.39 is 0 Å². The molecule has 19 heavy (non-hydrogen) atoms. The van der Waals surface area contributed by atoms with Gasteiger partial charge in [0.05, 0.1) is 33.5 Å². The fourth-order valence-electron chi connectivity index (χ4n) is 2.10. The topological polar surface area (TPSA) is 30.7 Å². The maximum absolute atomic E-state index is 6.30. The second kappa shape index (κ2) is 5.12. The van der Waals surface area contributed by atoms with Crippen molar-refractivity contribution in [3.8, 4) is 0 Å². The minimum atomic E-state index is -0.170. The predicted octanol–water partition coefficient (Wildman–Crippen LogP) is 4.49. The van der Waals surface area contributed by atoms with E-state index >= 15 is 0 Å². The molecule has 0 radical (unpaired) electrons. The Morgan fingerprint density at radius 2 is 2.26 bits per heavy atom. The summed E-state index contributed by atoms with van der Waals surface area (Å²) < 4.78 is 2.07. The molecule has 0 aliphatic heterocycles. The van der Waals surface area contributed by atoms with Gasteiger partial charge < -0.3 is 4.57 Å². The van der Waals surface area contributed by atoms with Gasteiger partial charge in [0.1, 0.15) is 5.82 Å². The van der Waals surface area contributed by atoms with Gasteiger partial charge in [-0.15, -0.1) is 22.9 Å². The molecule has 1 atom stereocenters. The summed E-state index contributed by atoms with van der Waals surface area (Å²) in [5.74, 6) is 0.832. The molecule has 1 aromatic carbocycles. The molecule has 98 valence electrons. The molecule has 2 aromatic heterocycles. The molecule has 6 heteroatoms. The number of hydrogen-bond acceptors (Lipinski definition) is 3. The lowest BCUT2D eigenvalue weighted by molar-refractivity contribution is 0.749. The largest absolute Gasteiger partial charge is 0.320 e. The fraction of sp³-hybridized carbons (Fsp3) is 0.231. The number of benzene rings is 1. The third kappa shape index (κ3) is 2.36. The molecule has 0 spiro atoms. The molecule has 0 amide bonds. The smallest absolute Gasteiger partial charge is 0.128 e. The number of para-hydroxylation sites is 1. The van der Waals surface area contributed by atoms with Gasteiger partial charge in [0.15, 0.2) is 0 Å². The van der Waals surface area contributed by atoms with Gasteiger partial charge in [-0.2, -0.15) is 0 Å². The maximum atomic E-state index is 6.30. The molecule has 3 rings (SSSR count). The van der Waals surface area contributed by atoms with Crippen molar-refractivity contribution in [2.75, 3.05) is 0 Å². The highest BCUT2D eigenvalue weighted by Crippen LogP contribution is 2.30. The highest BCUT2D eigenvalue weighted by molar-refractivity contribution is 7.09. The van der Waals surface area contributed by atoms with E-state index in [1.807, 2.05) is 36.8 Å². The molecule has 2 heterocycles. The van der Waals surface area contributed by atoms with Gasteiger partial charge in [-0.3, -0.25) is 4.98 Å². The Morgan fingerprint density at radius 1 is 1.42 bits per heavy atom. The Balaban J connectivity index is 2.21. The molecular formula is C13H11Cl2N3S. The zero-order valence-corrected chi connectivity index (χ0v) is 12.5. The summed E-state index contributed by atoms with van der Waals surface area (Å²) in [5, 5.41) is 0.523. The highest BCUT2D eigenvalue weighted by Gasteiger charge is 2.17. The van der Waals surface area contributed by atoms with Crippen molar-refractivity contribution in [3.63, 3.8) is 0 Å². The third-order valence-corrected chi connectivity index (χ3v) is 4.16. The number of hydrogen-bond donors (Lipinski definition) is 0. The average molecular weight is 312 g/mol. The first-order valence-electron chi connectivity index (χ1n) is 5.83. The van der Waals surface area contributed by atoms with E-state index in [9.17, 15) is 0 Å². The molecule has 3 nitrogen and oxygen atoms in total. The first kappa shape index (κ1) is 12.9. The Morgan fingerprint density at radius 3 is 2.95 bits per heavy atom. The Labute approximate surface area is 124 Å². The number of thiazole rings is 1. The number of rotatable bonds is 3. The van der Waals surface area contributed by atoms with Gasteiger partial charge in [0, 0.05) is 11.1 Å². The van der Waals surface area contributed by atoms with Crippen LogP contribution in [0.15, 0.2) is 29.9 Å². The Kier molecular flexibility index (Phi) is 3.48. The highest BCUT2D eigenvalue weighted by atomic mass is 35.5. The number of imidazole rings is 1. The van der Waals surface area contributed by atoms with Gasteiger partial charge in [0.25, 0.3) is 0 Å². The summed E-state index contributed by atoms with van der Waals surface area (Å²) in [6, 6.07) is 5.72. The lowest BCUT2D eigenvalue weighted by Gasteiger charge is -2.09. The van der Waals surface area contributed by atoms with Gasteiger partial charge in [-0.25, -0.2) is 4.98 Å². The number of alkyl halides is 1. The standard InChI is InChI=1S/C13H11Cl2N3S/c1-8(14)13-17-11-4-2-3-10(15)12(11)18(13)6-9-5-16-7-19-9/h2-5,7-8H,6H2,1H3. The summed E-state index contributed by atoms with van der Waals surface area (Å²) in [6.45, 7) is 2.61. The minimum absolute atomic E-state index is 0.170. The second-order valence-corrected chi connectivity index (χ2v) is 6.28. The number of aromatic nitrogens is 3. The van der Waals surface area contributed by atoms with E-state index in [-0.39, 0.29) is 5.38 Å². The molecule has 0 saturated heterocycles. The van der Waals surface area contributed by atoms with Crippen LogP contribution in [0, 0.1) is 0 Å². The third-order valence-electron chi connectivity index (χ3n) is 2.90. The molecule has 3 aromatic rings. The second-order valence-electron chi connectivity index (χ2n) is 4.25. The molecule has 0 aliphatic carbocycles.